The van der Waals surface area contributed by atoms with Crippen LogP contribution in [0.3, 0.4) is 0 Å². The number of amides is 1. The summed E-state index contributed by atoms with van der Waals surface area (Å²) in [4.78, 5) is 13.6. The van der Waals surface area contributed by atoms with Gasteiger partial charge >= 0.3 is 0 Å². The van der Waals surface area contributed by atoms with Crippen molar-refractivity contribution in [3.8, 4) is 12.3 Å². The Morgan fingerprint density at radius 2 is 2.33 bits per heavy atom. The Morgan fingerprint density at radius 1 is 1.67 bits per heavy atom. The van der Waals surface area contributed by atoms with Gasteiger partial charge in [-0.1, -0.05) is 0 Å². The van der Waals surface area contributed by atoms with E-state index >= 15 is 0 Å². The fraction of sp³-hybridized carbons (Fsp3) is 0.750. The van der Waals surface area contributed by atoms with E-state index in [1.807, 2.05) is 25.7 Å². The van der Waals surface area contributed by atoms with Crippen LogP contribution in [0.25, 0.3) is 0 Å². The molecule has 0 aromatic carbocycles. The zero-order chi connectivity index (χ0) is 11.5. The summed E-state index contributed by atoms with van der Waals surface area (Å²) in [6, 6.07) is 0. The van der Waals surface area contributed by atoms with Crippen molar-refractivity contribution in [1.29, 1.82) is 0 Å². The molecule has 84 valence electrons. The highest BCUT2D eigenvalue weighted by Crippen LogP contribution is 2.21. The molecule has 1 aliphatic rings. The van der Waals surface area contributed by atoms with Crippen LogP contribution in [0.4, 0.5) is 0 Å². The highest BCUT2D eigenvalue weighted by Gasteiger charge is 2.33. The average molecular weight is 209 g/mol. The molecule has 1 atom stereocenters. The van der Waals surface area contributed by atoms with Crippen LogP contribution >= 0.6 is 0 Å². The number of hydrogen-bond donors (Lipinski definition) is 0. The third-order valence-corrected chi connectivity index (χ3v) is 2.41. The van der Waals surface area contributed by atoms with E-state index in [2.05, 4.69) is 5.92 Å². The first-order chi connectivity index (χ1) is 6.94. The molecule has 1 heterocycles. The van der Waals surface area contributed by atoms with E-state index in [0.717, 1.165) is 0 Å². The van der Waals surface area contributed by atoms with Crippen LogP contribution in [0.5, 0.6) is 0 Å². The van der Waals surface area contributed by atoms with Gasteiger partial charge in [0.2, 0.25) is 5.91 Å². The molecule has 1 amide bonds. The number of morpholine rings is 1. The van der Waals surface area contributed by atoms with Gasteiger partial charge in [0, 0.05) is 25.9 Å². The number of terminal acetylenes is 1. The highest BCUT2D eigenvalue weighted by atomic mass is 16.5. The van der Waals surface area contributed by atoms with Gasteiger partial charge in [0.1, 0.15) is 0 Å². The van der Waals surface area contributed by atoms with Gasteiger partial charge < -0.3 is 9.64 Å². The minimum Gasteiger partial charge on any atom is -0.369 e. The van der Waals surface area contributed by atoms with E-state index in [0.29, 0.717) is 25.9 Å². The Hall–Kier alpha value is -1.01. The predicted octanol–water partition coefficient (Wildman–Crippen LogP) is 1.43. The highest BCUT2D eigenvalue weighted by molar-refractivity contribution is 5.76. The number of nitrogens with zero attached hydrogens (tertiary/aromatic N) is 1. The van der Waals surface area contributed by atoms with Gasteiger partial charge in [-0.15, -0.1) is 12.3 Å². The summed E-state index contributed by atoms with van der Waals surface area (Å²) in [6.45, 7) is 7.32. The fourth-order valence-corrected chi connectivity index (χ4v) is 1.98. The molecule has 1 aliphatic heterocycles. The van der Waals surface area contributed by atoms with Crippen LogP contribution < -0.4 is 0 Å². The maximum atomic E-state index is 11.8. The van der Waals surface area contributed by atoms with Crippen LogP contribution in [0.1, 0.15) is 33.6 Å². The lowest BCUT2D eigenvalue weighted by Gasteiger charge is -2.41. The van der Waals surface area contributed by atoms with Gasteiger partial charge in [0.15, 0.2) is 0 Å². The van der Waals surface area contributed by atoms with Crippen molar-refractivity contribution in [2.45, 2.75) is 45.3 Å². The van der Waals surface area contributed by atoms with E-state index in [-0.39, 0.29) is 17.6 Å². The van der Waals surface area contributed by atoms with Gasteiger partial charge in [0.05, 0.1) is 11.7 Å². The van der Waals surface area contributed by atoms with Gasteiger partial charge in [-0.2, -0.15) is 0 Å². The van der Waals surface area contributed by atoms with Crippen LogP contribution in [0, 0.1) is 12.3 Å². The molecule has 0 spiro atoms. The van der Waals surface area contributed by atoms with Crippen LogP contribution in [-0.2, 0) is 9.53 Å². The molecule has 0 saturated carbocycles. The smallest absolute Gasteiger partial charge is 0.223 e. The van der Waals surface area contributed by atoms with E-state index in [4.69, 9.17) is 11.2 Å². The van der Waals surface area contributed by atoms with E-state index in [1.165, 1.54) is 0 Å². The Labute approximate surface area is 91.8 Å². The van der Waals surface area contributed by atoms with Gasteiger partial charge in [-0.05, 0) is 20.8 Å². The average Bonchev–Trinajstić information content (AvgIpc) is 2.10. The predicted molar refractivity (Wildman–Crippen MR) is 59.3 cm³/mol. The lowest BCUT2D eigenvalue weighted by Crippen LogP contribution is -2.53. The molecule has 1 fully saturated rings. The number of rotatable bonds is 2. The Morgan fingerprint density at radius 3 is 2.87 bits per heavy atom. The summed E-state index contributed by atoms with van der Waals surface area (Å²) in [5.74, 6) is 2.63. The molecule has 0 aromatic rings. The summed E-state index contributed by atoms with van der Waals surface area (Å²) in [5, 5.41) is 0. The second-order valence-electron chi connectivity index (χ2n) is 4.67. The lowest BCUT2D eigenvalue weighted by molar-refractivity contribution is -0.158. The Balaban J connectivity index is 2.55. The van der Waals surface area contributed by atoms with Crippen LogP contribution in [0.15, 0.2) is 0 Å². The van der Waals surface area contributed by atoms with Gasteiger partial charge in [-0.3, -0.25) is 4.79 Å². The number of carbonyl (C=O) groups is 1. The number of carbonyl (C=O) groups excluding carboxylic acids is 1. The second-order valence-corrected chi connectivity index (χ2v) is 4.67. The van der Waals surface area contributed by atoms with E-state index in [1.54, 1.807) is 0 Å². The Bertz CT molecular complexity index is 278. The maximum Gasteiger partial charge on any atom is 0.223 e. The van der Waals surface area contributed by atoms with Crippen molar-refractivity contribution in [1.82, 2.24) is 4.90 Å². The Kier molecular flexibility index (Phi) is 3.76. The number of hydrogen-bond acceptors (Lipinski definition) is 2. The van der Waals surface area contributed by atoms with Crippen molar-refractivity contribution in [3.05, 3.63) is 0 Å². The normalized spacial score (nSPS) is 24.7. The first-order valence-corrected chi connectivity index (χ1v) is 5.33. The van der Waals surface area contributed by atoms with Crippen molar-refractivity contribution < 1.29 is 9.53 Å². The zero-order valence-corrected chi connectivity index (χ0v) is 9.75. The van der Waals surface area contributed by atoms with E-state index < -0.39 is 0 Å². The lowest BCUT2D eigenvalue weighted by atomic mass is 10.1. The molecule has 0 bridgehead atoms. The molecule has 1 unspecified atom stereocenters. The largest absolute Gasteiger partial charge is 0.369 e. The van der Waals surface area contributed by atoms with Crippen molar-refractivity contribution in [3.63, 3.8) is 0 Å². The third-order valence-electron chi connectivity index (χ3n) is 2.41. The summed E-state index contributed by atoms with van der Waals surface area (Å²) < 4.78 is 5.72. The molecule has 3 heteroatoms. The molecule has 1 rings (SSSR count). The van der Waals surface area contributed by atoms with E-state index in [9.17, 15) is 4.79 Å². The third kappa shape index (κ3) is 3.56. The van der Waals surface area contributed by atoms with Crippen molar-refractivity contribution >= 4 is 5.91 Å². The van der Waals surface area contributed by atoms with Crippen LogP contribution in [-0.4, -0.2) is 35.6 Å². The second kappa shape index (κ2) is 4.67. The minimum absolute atomic E-state index is 0.100. The first kappa shape index (κ1) is 12.1. The fourth-order valence-electron chi connectivity index (χ4n) is 1.98. The van der Waals surface area contributed by atoms with Crippen molar-refractivity contribution in [2.75, 3.05) is 13.1 Å². The van der Waals surface area contributed by atoms with Crippen molar-refractivity contribution in [2.24, 2.45) is 0 Å². The molecular formula is C12H19NO2. The molecular weight excluding hydrogens is 190 g/mol. The summed E-state index contributed by atoms with van der Waals surface area (Å²) in [5.41, 5.74) is -0.247. The molecule has 0 N–H and O–H groups in total. The topological polar surface area (TPSA) is 29.5 Å². The summed E-state index contributed by atoms with van der Waals surface area (Å²) >= 11 is 0. The SMILES string of the molecule is C#CCCC(=O)N1CC(C)OC(C)(C)C1. The summed E-state index contributed by atoms with van der Waals surface area (Å²) in [7, 11) is 0. The molecule has 3 nitrogen and oxygen atoms in total. The van der Waals surface area contributed by atoms with Crippen LogP contribution in [0.2, 0.25) is 0 Å². The monoisotopic (exact) mass is 209 g/mol. The molecule has 0 aliphatic carbocycles. The van der Waals surface area contributed by atoms with Gasteiger partial charge in [0.25, 0.3) is 0 Å². The van der Waals surface area contributed by atoms with Gasteiger partial charge in [-0.25, -0.2) is 0 Å². The standard InChI is InChI=1S/C12H19NO2/c1-5-6-7-11(14)13-8-10(2)15-12(3,4)9-13/h1,10H,6-9H2,2-4H3. The molecule has 0 radical (unpaired) electrons. The summed E-state index contributed by atoms with van der Waals surface area (Å²) in [6.07, 6.45) is 6.20. The minimum atomic E-state index is -0.247. The quantitative estimate of drug-likeness (QED) is 0.644. The zero-order valence-electron chi connectivity index (χ0n) is 9.75. The molecule has 0 aromatic heterocycles. The number of ether oxygens (including phenoxy) is 1. The molecule has 15 heavy (non-hydrogen) atoms. The molecule has 1 saturated heterocycles. The maximum absolute atomic E-state index is 11.8. The first-order valence-electron chi connectivity index (χ1n) is 5.33.